The minimum atomic E-state index is 0.141. The lowest BCUT2D eigenvalue weighted by molar-refractivity contribution is 0.0978. The lowest BCUT2D eigenvalue weighted by Gasteiger charge is -2.39. The van der Waals surface area contributed by atoms with Gasteiger partial charge in [-0.25, -0.2) is 0 Å². The van der Waals surface area contributed by atoms with Gasteiger partial charge in [0.1, 0.15) is 0 Å². The molecule has 3 heterocycles. The molecule has 5 rings (SSSR count). The molecule has 2 saturated heterocycles. The van der Waals surface area contributed by atoms with Crippen LogP contribution in [0.3, 0.4) is 0 Å². The summed E-state index contributed by atoms with van der Waals surface area (Å²) in [6, 6.07) is 18.7. The molecule has 1 unspecified atom stereocenters. The number of hydrogen-bond donors (Lipinski definition) is 0. The summed E-state index contributed by atoms with van der Waals surface area (Å²) in [6.07, 6.45) is 11.2. The Balaban J connectivity index is 1.19. The van der Waals surface area contributed by atoms with Gasteiger partial charge in [0.2, 0.25) is 0 Å². The van der Waals surface area contributed by atoms with Gasteiger partial charge in [0.25, 0.3) is 0 Å². The second-order valence-electron chi connectivity index (χ2n) is 9.77. The van der Waals surface area contributed by atoms with Gasteiger partial charge >= 0.3 is 0 Å². The molecule has 32 heavy (non-hydrogen) atoms. The second-order valence-corrected chi connectivity index (χ2v) is 10.6. The van der Waals surface area contributed by atoms with Gasteiger partial charge in [0, 0.05) is 46.8 Å². The third kappa shape index (κ3) is 4.45. The molecule has 2 aliphatic rings. The van der Waals surface area contributed by atoms with Gasteiger partial charge in [-0.3, -0.25) is 9.69 Å². The second kappa shape index (κ2) is 9.52. The van der Waals surface area contributed by atoms with Crippen molar-refractivity contribution in [2.24, 2.45) is 5.92 Å². The van der Waals surface area contributed by atoms with E-state index < -0.39 is 0 Å². The summed E-state index contributed by atoms with van der Waals surface area (Å²) < 4.78 is 3.35. The summed E-state index contributed by atoms with van der Waals surface area (Å²) in [6.45, 7) is 3.79. The fourth-order valence-corrected chi connectivity index (χ4v) is 6.79. The Kier molecular flexibility index (Phi) is 6.52. The molecule has 2 aromatic carbocycles. The van der Waals surface area contributed by atoms with Crippen molar-refractivity contribution < 1.29 is 4.79 Å². The van der Waals surface area contributed by atoms with Gasteiger partial charge in [-0.05, 0) is 85.3 Å². The van der Waals surface area contributed by atoms with Crippen LogP contribution in [0.25, 0.3) is 10.9 Å². The van der Waals surface area contributed by atoms with Crippen LogP contribution in [0, 0.1) is 5.92 Å². The van der Waals surface area contributed by atoms with Crippen molar-refractivity contribution in [1.29, 1.82) is 0 Å². The third-order valence-corrected chi connectivity index (χ3v) is 8.35. The SMILES string of the molecule is CC(=O)c1cn(CCCN2[C@@H]3CC[C@H]2CC(CCc2ccccc2)C3)c2c(Br)cccc12. The number of ketones is 1. The highest BCUT2D eigenvalue weighted by molar-refractivity contribution is 9.10. The van der Waals surface area contributed by atoms with Crippen LogP contribution < -0.4 is 0 Å². The van der Waals surface area contributed by atoms with Crippen LogP contribution >= 0.6 is 15.9 Å². The Morgan fingerprint density at radius 2 is 1.75 bits per heavy atom. The van der Waals surface area contributed by atoms with Crippen LogP contribution in [0.5, 0.6) is 0 Å². The quantitative estimate of drug-likeness (QED) is 0.320. The molecule has 0 amide bonds. The monoisotopic (exact) mass is 492 g/mol. The Morgan fingerprint density at radius 3 is 2.47 bits per heavy atom. The number of para-hydroxylation sites is 1. The van der Waals surface area contributed by atoms with Gasteiger partial charge < -0.3 is 4.57 Å². The first-order valence-corrected chi connectivity index (χ1v) is 13.0. The van der Waals surface area contributed by atoms with Crippen molar-refractivity contribution in [2.45, 2.75) is 70.5 Å². The van der Waals surface area contributed by atoms with E-state index >= 15 is 0 Å². The van der Waals surface area contributed by atoms with E-state index in [9.17, 15) is 4.79 Å². The molecule has 2 aliphatic heterocycles. The highest BCUT2D eigenvalue weighted by Crippen LogP contribution is 2.40. The standard InChI is InChI=1S/C28H33BrN2O/c1-20(32)26-19-30(28-25(26)9-5-10-27(28)29)15-6-16-31-23-13-14-24(31)18-22(17-23)12-11-21-7-3-2-4-8-21/h2-5,7-10,19,22-24H,6,11-18H2,1H3/t22?,23-,24+. The van der Waals surface area contributed by atoms with Crippen molar-refractivity contribution in [1.82, 2.24) is 9.47 Å². The number of carbonyl (C=O) groups is 1. The van der Waals surface area contributed by atoms with Gasteiger partial charge in [-0.15, -0.1) is 0 Å². The minimum absolute atomic E-state index is 0.141. The van der Waals surface area contributed by atoms with E-state index in [1.54, 1.807) is 6.92 Å². The molecule has 168 valence electrons. The number of piperidine rings is 1. The van der Waals surface area contributed by atoms with E-state index in [0.717, 1.165) is 51.9 Å². The maximum absolute atomic E-state index is 12.1. The predicted octanol–water partition coefficient (Wildman–Crippen LogP) is 6.87. The van der Waals surface area contributed by atoms with Crippen LogP contribution in [0.4, 0.5) is 0 Å². The molecule has 3 aromatic rings. The zero-order chi connectivity index (χ0) is 22.1. The fourth-order valence-electron chi connectivity index (χ4n) is 6.20. The number of Topliss-reactive ketones (excluding diaryl/α,β-unsaturated/α-hetero) is 1. The molecule has 0 radical (unpaired) electrons. The average molecular weight is 493 g/mol. The van der Waals surface area contributed by atoms with E-state index in [4.69, 9.17) is 0 Å². The molecule has 3 atom stereocenters. The first kappa shape index (κ1) is 21.9. The molecule has 2 fully saturated rings. The number of halogens is 1. The molecule has 4 heteroatoms. The number of rotatable bonds is 8. The lowest BCUT2D eigenvalue weighted by atomic mass is 9.86. The average Bonchev–Trinajstić information content (AvgIpc) is 3.28. The van der Waals surface area contributed by atoms with E-state index in [0.29, 0.717) is 0 Å². The molecule has 2 bridgehead atoms. The van der Waals surface area contributed by atoms with Crippen LogP contribution in [0.15, 0.2) is 59.2 Å². The molecule has 3 nitrogen and oxygen atoms in total. The number of aromatic nitrogens is 1. The number of aryl methyl sites for hydroxylation is 2. The summed E-state index contributed by atoms with van der Waals surface area (Å²) >= 11 is 3.70. The molecule has 0 N–H and O–H groups in total. The first-order chi connectivity index (χ1) is 15.6. The zero-order valence-corrected chi connectivity index (χ0v) is 20.6. The molecule has 1 aromatic heterocycles. The summed E-state index contributed by atoms with van der Waals surface area (Å²) in [7, 11) is 0. The van der Waals surface area contributed by atoms with E-state index in [2.05, 4.69) is 74.1 Å². The number of nitrogens with zero attached hydrogens (tertiary/aromatic N) is 2. The predicted molar refractivity (Wildman–Crippen MR) is 135 cm³/mol. The number of fused-ring (bicyclic) bond motifs is 3. The van der Waals surface area contributed by atoms with Crippen molar-refractivity contribution in [3.8, 4) is 0 Å². The molecule has 0 spiro atoms. The van der Waals surface area contributed by atoms with Crippen molar-refractivity contribution in [3.05, 3.63) is 70.3 Å². The normalized spacial score (nSPS) is 23.1. The molecule has 0 saturated carbocycles. The van der Waals surface area contributed by atoms with Crippen LogP contribution in [-0.2, 0) is 13.0 Å². The van der Waals surface area contributed by atoms with Gasteiger partial charge in [0.05, 0.1) is 5.52 Å². The molecule has 0 aliphatic carbocycles. The Morgan fingerprint density at radius 1 is 1.00 bits per heavy atom. The largest absolute Gasteiger partial charge is 0.346 e. The number of carbonyl (C=O) groups excluding carboxylic acids is 1. The van der Waals surface area contributed by atoms with Crippen LogP contribution in [0.2, 0.25) is 0 Å². The van der Waals surface area contributed by atoms with Gasteiger partial charge in [-0.2, -0.15) is 0 Å². The third-order valence-electron chi connectivity index (χ3n) is 7.71. The summed E-state index contributed by atoms with van der Waals surface area (Å²) in [5.74, 6) is 1.02. The van der Waals surface area contributed by atoms with E-state index in [-0.39, 0.29) is 5.78 Å². The minimum Gasteiger partial charge on any atom is -0.346 e. The fraction of sp³-hybridized carbons (Fsp3) is 0.464. The summed E-state index contributed by atoms with van der Waals surface area (Å²) in [4.78, 5) is 14.9. The molecular formula is C28H33BrN2O. The molecular weight excluding hydrogens is 460 g/mol. The summed E-state index contributed by atoms with van der Waals surface area (Å²) in [5.41, 5.74) is 3.47. The van der Waals surface area contributed by atoms with Gasteiger partial charge in [-0.1, -0.05) is 42.5 Å². The van der Waals surface area contributed by atoms with E-state index in [1.807, 2.05) is 6.07 Å². The number of hydrogen-bond acceptors (Lipinski definition) is 2. The Hall–Kier alpha value is -1.91. The van der Waals surface area contributed by atoms with Crippen LogP contribution in [0.1, 0.15) is 61.4 Å². The Bertz CT molecular complexity index is 1080. The van der Waals surface area contributed by atoms with Crippen molar-refractivity contribution in [2.75, 3.05) is 6.54 Å². The topological polar surface area (TPSA) is 25.2 Å². The Labute approximate surface area is 199 Å². The highest BCUT2D eigenvalue weighted by atomic mass is 79.9. The zero-order valence-electron chi connectivity index (χ0n) is 19.0. The van der Waals surface area contributed by atoms with Crippen LogP contribution in [-0.4, -0.2) is 33.9 Å². The van der Waals surface area contributed by atoms with Crippen molar-refractivity contribution >= 4 is 32.6 Å². The highest BCUT2D eigenvalue weighted by Gasteiger charge is 2.39. The smallest absolute Gasteiger partial charge is 0.161 e. The maximum Gasteiger partial charge on any atom is 0.161 e. The maximum atomic E-state index is 12.1. The first-order valence-electron chi connectivity index (χ1n) is 12.2. The number of benzene rings is 2. The van der Waals surface area contributed by atoms with Gasteiger partial charge in [0.15, 0.2) is 5.78 Å². The summed E-state index contributed by atoms with van der Waals surface area (Å²) in [5, 5.41) is 1.06. The lowest BCUT2D eigenvalue weighted by Crippen LogP contribution is -2.43. The van der Waals surface area contributed by atoms with Crippen molar-refractivity contribution in [3.63, 3.8) is 0 Å². The van der Waals surface area contributed by atoms with E-state index in [1.165, 1.54) is 50.6 Å².